The highest BCUT2D eigenvalue weighted by Gasteiger charge is 2.42. The smallest absolute Gasteiger partial charge is 0.123 e. The first-order chi connectivity index (χ1) is 7.10. The van der Waals surface area contributed by atoms with Crippen LogP contribution in [0.25, 0.3) is 0 Å². The summed E-state index contributed by atoms with van der Waals surface area (Å²) in [5, 5.41) is 10.7. The number of halogens is 1. The van der Waals surface area contributed by atoms with Crippen LogP contribution in [-0.4, -0.2) is 12.2 Å². The van der Waals surface area contributed by atoms with Gasteiger partial charge in [0.15, 0.2) is 0 Å². The van der Waals surface area contributed by atoms with Crippen molar-refractivity contribution in [3.63, 3.8) is 0 Å². The van der Waals surface area contributed by atoms with Gasteiger partial charge in [-0.3, -0.25) is 0 Å². The van der Waals surface area contributed by atoms with Crippen LogP contribution in [-0.2, 0) is 12.0 Å². The Bertz CT molecular complexity index is 383. The molecule has 1 aliphatic carbocycles. The van der Waals surface area contributed by atoms with Gasteiger partial charge in [-0.25, -0.2) is 0 Å². The second-order valence-electron chi connectivity index (χ2n) is 4.02. The summed E-state index contributed by atoms with van der Waals surface area (Å²) in [7, 11) is 1.63. The van der Waals surface area contributed by atoms with Gasteiger partial charge in [0.25, 0.3) is 0 Å². The monoisotopic (exact) mass is 226 g/mol. The molecule has 0 atom stereocenters. The standard InChI is InChI=1S/C12H15ClO2/c1-3-9-10(13)6-8(7-11(9)15-2)12(14)4-5-12/h6-7,14H,3-5H2,1-2H3. The summed E-state index contributed by atoms with van der Waals surface area (Å²) < 4.78 is 5.29. The molecule has 1 fully saturated rings. The molecule has 0 spiro atoms. The molecule has 0 amide bonds. The molecule has 15 heavy (non-hydrogen) atoms. The third-order valence-electron chi connectivity index (χ3n) is 2.99. The fourth-order valence-electron chi connectivity index (χ4n) is 1.81. The van der Waals surface area contributed by atoms with Crippen LogP contribution < -0.4 is 4.74 Å². The number of benzene rings is 1. The van der Waals surface area contributed by atoms with E-state index < -0.39 is 5.60 Å². The molecular weight excluding hydrogens is 212 g/mol. The van der Waals surface area contributed by atoms with Crippen LogP contribution >= 0.6 is 11.6 Å². The highest BCUT2D eigenvalue weighted by Crippen LogP contribution is 2.47. The molecule has 3 heteroatoms. The lowest BCUT2D eigenvalue weighted by Gasteiger charge is -2.14. The predicted octanol–water partition coefficient (Wildman–Crippen LogP) is 2.89. The molecule has 1 aromatic carbocycles. The highest BCUT2D eigenvalue weighted by molar-refractivity contribution is 6.31. The van der Waals surface area contributed by atoms with Gasteiger partial charge >= 0.3 is 0 Å². The maximum atomic E-state index is 9.99. The summed E-state index contributed by atoms with van der Waals surface area (Å²) in [6.07, 6.45) is 2.47. The van der Waals surface area contributed by atoms with Crippen molar-refractivity contribution in [2.75, 3.05) is 7.11 Å². The van der Waals surface area contributed by atoms with Crippen LogP contribution in [0.4, 0.5) is 0 Å². The Balaban J connectivity index is 2.48. The average Bonchev–Trinajstić information content (AvgIpc) is 2.96. The minimum atomic E-state index is -0.650. The lowest BCUT2D eigenvalue weighted by molar-refractivity contribution is 0.151. The molecule has 0 saturated heterocycles. The fourth-order valence-corrected chi connectivity index (χ4v) is 2.16. The van der Waals surface area contributed by atoms with E-state index in [1.165, 1.54) is 0 Å². The second kappa shape index (κ2) is 3.69. The quantitative estimate of drug-likeness (QED) is 0.859. The van der Waals surface area contributed by atoms with Crippen molar-refractivity contribution >= 4 is 11.6 Å². The lowest BCUT2D eigenvalue weighted by Crippen LogP contribution is -2.05. The van der Waals surface area contributed by atoms with Crippen molar-refractivity contribution in [1.82, 2.24) is 0 Å². The van der Waals surface area contributed by atoms with E-state index in [2.05, 4.69) is 0 Å². The zero-order valence-corrected chi connectivity index (χ0v) is 9.77. The molecule has 1 N–H and O–H groups in total. The third kappa shape index (κ3) is 1.84. The van der Waals surface area contributed by atoms with Crippen LogP contribution in [0.5, 0.6) is 5.75 Å². The summed E-state index contributed by atoms with van der Waals surface area (Å²) in [5.41, 5.74) is 1.23. The van der Waals surface area contributed by atoms with E-state index in [-0.39, 0.29) is 0 Å². The number of rotatable bonds is 3. The fraction of sp³-hybridized carbons (Fsp3) is 0.500. The van der Waals surface area contributed by atoms with Gasteiger partial charge < -0.3 is 9.84 Å². The third-order valence-corrected chi connectivity index (χ3v) is 3.33. The van der Waals surface area contributed by atoms with E-state index in [1.807, 2.05) is 19.1 Å². The first-order valence-corrected chi connectivity index (χ1v) is 5.58. The van der Waals surface area contributed by atoms with E-state index in [0.29, 0.717) is 5.02 Å². The number of hydrogen-bond acceptors (Lipinski definition) is 2. The zero-order chi connectivity index (χ0) is 11.1. The minimum absolute atomic E-state index is 0.650. The maximum Gasteiger partial charge on any atom is 0.123 e. The van der Waals surface area contributed by atoms with Gasteiger partial charge in [-0.15, -0.1) is 0 Å². The molecule has 1 aromatic rings. The largest absolute Gasteiger partial charge is 0.496 e. The van der Waals surface area contributed by atoms with Gasteiger partial charge in [-0.1, -0.05) is 18.5 Å². The van der Waals surface area contributed by atoms with Crippen molar-refractivity contribution in [3.8, 4) is 5.75 Å². The molecule has 0 aromatic heterocycles. The lowest BCUT2D eigenvalue weighted by atomic mass is 10.0. The van der Waals surface area contributed by atoms with Crippen LogP contribution in [0, 0.1) is 0 Å². The molecule has 0 radical (unpaired) electrons. The van der Waals surface area contributed by atoms with Crippen LogP contribution in [0.1, 0.15) is 30.9 Å². The van der Waals surface area contributed by atoms with E-state index in [0.717, 1.165) is 36.1 Å². The number of aliphatic hydroxyl groups is 1. The van der Waals surface area contributed by atoms with E-state index in [9.17, 15) is 5.11 Å². The SMILES string of the molecule is CCc1c(Cl)cc(C2(O)CC2)cc1OC. The molecule has 82 valence electrons. The second-order valence-corrected chi connectivity index (χ2v) is 4.43. The maximum absolute atomic E-state index is 9.99. The van der Waals surface area contributed by atoms with Gasteiger partial charge in [0.05, 0.1) is 12.7 Å². The van der Waals surface area contributed by atoms with Crippen molar-refractivity contribution in [2.24, 2.45) is 0 Å². The van der Waals surface area contributed by atoms with Crippen LogP contribution in [0.15, 0.2) is 12.1 Å². The Morgan fingerprint density at radius 1 is 1.47 bits per heavy atom. The zero-order valence-electron chi connectivity index (χ0n) is 9.01. The number of ether oxygens (including phenoxy) is 1. The van der Waals surface area contributed by atoms with Gasteiger partial charge in [0, 0.05) is 10.6 Å². The van der Waals surface area contributed by atoms with Crippen LogP contribution in [0.2, 0.25) is 5.02 Å². The topological polar surface area (TPSA) is 29.5 Å². The predicted molar refractivity (Wildman–Crippen MR) is 60.5 cm³/mol. The normalized spacial score (nSPS) is 17.6. The summed E-state index contributed by atoms with van der Waals surface area (Å²) in [6.45, 7) is 2.04. The Labute approximate surface area is 94.8 Å². The van der Waals surface area contributed by atoms with E-state index in [1.54, 1.807) is 7.11 Å². The molecule has 2 rings (SSSR count). The highest BCUT2D eigenvalue weighted by atomic mass is 35.5. The van der Waals surface area contributed by atoms with Crippen molar-refractivity contribution in [3.05, 3.63) is 28.3 Å². The van der Waals surface area contributed by atoms with E-state index in [4.69, 9.17) is 16.3 Å². The van der Waals surface area contributed by atoms with Gasteiger partial charge in [0.2, 0.25) is 0 Å². The van der Waals surface area contributed by atoms with Gasteiger partial charge in [-0.05, 0) is 37.0 Å². The molecule has 2 nitrogen and oxygen atoms in total. The Morgan fingerprint density at radius 3 is 2.60 bits per heavy atom. The average molecular weight is 227 g/mol. The van der Waals surface area contributed by atoms with Gasteiger partial charge in [-0.2, -0.15) is 0 Å². The minimum Gasteiger partial charge on any atom is -0.496 e. The molecule has 0 heterocycles. The molecular formula is C12H15ClO2. The molecule has 1 aliphatic rings. The van der Waals surface area contributed by atoms with E-state index >= 15 is 0 Å². The molecule has 0 aliphatic heterocycles. The van der Waals surface area contributed by atoms with Crippen molar-refractivity contribution < 1.29 is 9.84 Å². The first-order valence-electron chi connectivity index (χ1n) is 5.20. The number of methoxy groups -OCH3 is 1. The summed E-state index contributed by atoms with van der Waals surface area (Å²) in [4.78, 5) is 0. The van der Waals surface area contributed by atoms with Crippen molar-refractivity contribution in [2.45, 2.75) is 31.8 Å². The Morgan fingerprint density at radius 2 is 2.13 bits per heavy atom. The number of hydrogen-bond donors (Lipinski definition) is 1. The Kier molecular flexibility index (Phi) is 2.65. The molecule has 0 bridgehead atoms. The summed E-state index contributed by atoms with van der Waals surface area (Å²) in [6, 6.07) is 3.76. The first kappa shape index (κ1) is 10.8. The molecule has 0 unspecified atom stereocenters. The summed E-state index contributed by atoms with van der Waals surface area (Å²) >= 11 is 6.16. The molecule has 1 saturated carbocycles. The van der Waals surface area contributed by atoms with Gasteiger partial charge in [0.1, 0.15) is 5.75 Å². The Hall–Kier alpha value is -0.730. The summed E-state index contributed by atoms with van der Waals surface area (Å²) in [5.74, 6) is 0.778. The van der Waals surface area contributed by atoms with Crippen molar-refractivity contribution in [1.29, 1.82) is 0 Å². The van der Waals surface area contributed by atoms with Crippen LogP contribution in [0.3, 0.4) is 0 Å².